The molecule has 2 unspecified atom stereocenters. The molecule has 0 aromatic heterocycles. The van der Waals surface area contributed by atoms with Crippen LogP contribution in [0, 0.1) is 5.92 Å². The normalized spacial score (nSPS) is 16.3. The number of nitrogens with zero attached hydrogens (tertiary/aromatic N) is 1. The van der Waals surface area contributed by atoms with Gasteiger partial charge >= 0.3 is 0 Å². The summed E-state index contributed by atoms with van der Waals surface area (Å²) in [7, 11) is 0. The number of allylic oxidation sites excluding steroid dienone is 1. The predicted molar refractivity (Wildman–Crippen MR) is 185 cm³/mol. The van der Waals surface area contributed by atoms with Crippen LogP contribution in [0.15, 0.2) is 157 Å². The molecular weight excluding hydrogens is 518 g/mol. The van der Waals surface area contributed by atoms with Gasteiger partial charge in [-0.1, -0.05) is 134 Å². The maximum Gasteiger partial charge on any atom is 0.0230 e. The average Bonchev–Trinajstić information content (AvgIpc) is 3.09. The number of benzene rings is 7. The molecule has 7 aromatic carbocycles. The fourth-order valence-electron chi connectivity index (χ4n) is 6.77. The number of fused-ring (bicyclic) bond motifs is 6. The summed E-state index contributed by atoms with van der Waals surface area (Å²) in [4.78, 5) is 4.40. The minimum atomic E-state index is 0.293. The molecule has 0 bridgehead atoms. The molecule has 0 N–H and O–H groups in total. The molecule has 43 heavy (non-hydrogen) atoms. The highest BCUT2D eigenvalue weighted by Crippen LogP contribution is 2.40. The van der Waals surface area contributed by atoms with Crippen LogP contribution in [0.25, 0.3) is 65.7 Å². The van der Waals surface area contributed by atoms with Crippen LogP contribution >= 0.6 is 0 Å². The van der Waals surface area contributed by atoms with E-state index >= 15 is 0 Å². The van der Waals surface area contributed by atoms with E-state index in [-0.39, 0.29) is 0 Å². The first-order valence-corrected chi connectivity index (χ1v) is 15.1. The second-order valence-electron chi connectivity index (χ2n) is 11.7. The Balaban J connectivity index is 1.36. The number of rotatable bonds is 4. The minimum absolute atomic E-state index is 0.293. The smallest absolute Gasteiger partial charge is 0.0230 e. The van der Waals surface area contributed by atoms with Crippen molar-refractivity contribution in [3.05, 3.63) is 157 Å². The van der Waals surface area contributed by atoms with Crippen molar-refractivity contribution < 1.29 is 0 Å². The van der Waals surface area contributed by atoms with Gasteiger partial charge in [0.1, 0.15) is 0 Å². The predicted octanol–water partition coefficient (Wildman–Crippen LogP) is 11.5. The molecule has 1 heteroatoms. The lowest BCUT2D eigenvalue weighted by Gasteiger charge is -2.22. The van der Waals surface area contributed by atoms with Gasteiger partial charge in [-0.05, 0) is 89.5 Å². The summed E-state index contributed by atoms with van der Waals surface area (Å²) >= 11 is 0. The molecule has 0 amide bonds. The van der Waals surface area contributed by atoms with Crippen LogP contribution in [0.2, 0.25) is 0 Å². The van der Waals surface area contributed by atoms with Crippen molar-refractivity contribution in [3.63, 3.8) is 0 Å². The van der Waals surface area contributed by atoms with Crippen molar-refractivity contribution in [3.8, 4) is 33.4 Å². The van der Waals surface area contributed by atoms with Gasteiger partial charge in [0, 0.05) is 24.3 Å². The Morgan fingerprint density at radius 3 is 1.53 bits per heavy atom. The van der Waals surface area contributed by atoms with E-state index in [0.717, 1.165) is 0 Å². The summed E-state index contributed by atoms with van der Waals surface area (Å²) in [5, 5.41) is 7.74. The number of hydrogen-bond acceptors (Lipinski definition) is 1. The van der Waals surface area contributed by atoms with Gasteiger partial charge in [-0.3, -0.25) is 4.99 Å². The van der Waals surface area contributed by atoms with Crippen LogP contribution in [0.4, 0.5) is 0 Å². The van der Waals surface area contributed by atoms with Crippen LogP contribution in [0.1, 0.15) is 18.4 Å². The van der Waals surface area contributed by atoms with E-state index in [1.165, 1.54) is 71.3 Å². The maximum atomic E-state index is 4.40. The second-order valence-corrected chi connectivity index (χ2v) is 11.7. The molecule has 1 nitrogen and oxygen atoms in total. The molecule has 0 spiro atoms. The zero-order valence-corrected chi connectivity index (χ0v) is 24.1. The minimum Gasteiger partial charge on any atom is -0.269 e. The van der Waals surface area contributed by atoms with Crippen LogP contribution in [-0.2, 0) is 0 Å². The van der Waals surface area contributed by atoms with Crippen molar-refractivity contribution in [2.75, 3.05) is 0 Å². The van der Waals surface area contributed by atoms with Crippen LogP contribution in [0.3, 0.4) is 0 Å². The fourth-order valence-corrected chi connectivity index (χ4v) is 6.77. The van der Waals surface area contributed by atoms with E-state index < -0.39 is 0 Å². The molecule has 1 aliphatic heterocycles. The van der Waals surface area contributed by atoms with Gasteiger partial charge in [-0.25, -0.2) is 0 Å². The topological polar surface area (TPSA) is 12.4 Å². The summed E-state index contributed by atoms with van der Waals surface area (Å²) in [6.45, 7) is 2.25. The Morgan fingerprint density at radius 2 is 0.907 bits per heavy atom. The highest BCUT2D eigenvalue weighted by molar-refractivity contribution is 6.26. The second kappa shape index (κ2) is 10.5. The van der Waals surface area contributed by atoms with Crippen LogP contribution < -0.4 is 0 Å². The summed E-state index contributed by atoms with van der Waals surface area (Å²) in [6.07, 6.45) is 6.25. The highest BCUT2D eigenvalue weighted by atomic mass is 14.7. The molecule has 0 radical (unpaired) electrons. The van der Waals surface area contributed by atoms with Crippen molar-refractivity contribution in [1.82, 2.24) is 0 Å². The third kappa shape index (κ3) is 4.54. The van der Waals surface area contributed by atoms with Crippen LogP contribution in [-0.4, -0.2) is 6.21 Å². The summed E-state index contributed by atoms with van der Waals surface area (Å²) < 4.78 is 0. The van der Waals surface area contributed by atoms with Gasteiger partial charge in [0.25, 0.3) is 0 Å². The zero-order valence-electron chi connectivity index (χ0n) is 24.1. The Bertz CT molecular complexity index is 2190. The van der Waals surface area contributed by atoms with E-state index in [1.54, 1.807) is 0 Å². The molecule has 1 heterocycles. The molecule has 8 rings (SSSR count). The molecule has 0 fully saturated rings. The maximum absolute atomic E-state index is 4.40. The Labute approximate surface area is 252 Å². The quantitative estimate of drug-likeness (QED) is 0.194. The first kappa shape index (κ1) is 25.4. The lowest BCUT2D eigenvalue weighted by Crippen LogP contribution is -2.11. The van der Waals surface area contributed by atoms with E-state index in [1.807, 2.05) is 6.20 Å². The zero-order chi connectivity index (χ0) is 28.8. The van der Waals surface area contributed by atoms with Gasteiger partial charge in [0.05, 0.1) is 0 Å². The van der Waals surface area contributed by atoms with E-state index in [9.17, 15) is 0 Å². The SMILES string of the molecule is CC1C=NC=CC1c1cc(-c2ccccc2)cc(-c2ccc3c4cc(-c5ccccc5)ccc4c4ccccc4c3c2)c1. The summed E-state index contributed by atoms with van der Waals surface area (Å²) in [5.41, 5.74) is 8.75. The molecular formula is C42H31N. The molecule has 7 aromatic rings. The molecule has 2 atom stereocenters. The Hall–Kier alpha value is -5.27. The van der Waals surface area contributed by atoms with Crippen LogP contribution in [0.5, 0.6) is 0 Å². The van der Waals surface area contributed by atoms with Crippen molar-refractivity contribution in [1.29, 1.82) is 0 Å². The lowest BCUT2D eigenvalue weighted by atomic mass is 9.83. The van der Waals surface area contributed by atoms with E-state index in [2.05, 4.69) is 164 Å². The van der Waals surface area contributed by atoms with E-state index in [4.69, 9.17) is 0 Å². The number of aliphatic imine (C=N–C) groups is 1. The third-order valence-corrected chi connectivity index (χ3v) is 8.99. The highest BCUT2D eigenvalue weighted by Gasteiger charge is 2.19. The van der Waals surface area contributed by atoms with Gasteiger partial charge < -0.3 is 0 Å². The Kier molecular flexibility index (Phi) is 6.23. The van der Waals surface area contributed by atoms with Gasteiger partial charge in [-0.2, -0.15) is 0 Å². The lowest BCUT2D eigenvalue weighted by molar-refractivity contribution is 0.682. The standard InChI is InChI=1S/C42H31N/c1-28-27-43-21-20-36(28)35-23-33(30-12-6-3-7-13-30)22-34(24-35)32-17-19-40-41(26-32)38-15-9-8-14-37(38)39-18-16-31(25-42(39)40)29-10-4-2-5-11-29/h2-28,36H,1H3. The first-order chi connectivity index (χ1) is 21.2. The van der Waals surface area contributed by atoms with Gasteiger partial charge in [0.15, 0.2) is 0 Å². The molecule has 0 saturated heterocycles. The molecule has 204 valence electrons. The third-order valence-electron chi connectivity index (χ3n) is 8.99. The number of hydrogen-bond donors (Lipinski definition) is 0. The van der Waals surface area contributed by atoms with Gasteiger partial charge in [-0.15, -0.1) is 0 Å². The van der Waals surface area contributed by atoms with E-state index in [0.29, 0.717) is 11.8 Å². The summed E-state index contributed by atoms with van der Waals surface area (Å²) in [6, 6.07) is 51.3. The monoisotopic (exact) mass is 549 g/mol. The Morgan fingerprint density at radius 1 is 0.419 bits per heavy atom. The van der Waals surface area contributed by atoms with Crippen molar-refractivity contribution >= 4 is 38.5 Å². The largest absolute Gasteiger partial charge is 0.269 e. The van der Waals surface area contributed by atoms with Crippen molar-refractivity contribution in [2.45, 2.75) is 12.8 Å². The molecule has 1 aliphatic rings. The summed E-state index contributed by atoms with van der Waals surface area (Å²) in [5.74, 6) is 0.635. The molecule has 0 saturated carbocycles. The average molecular weight is 550 g/mol. The molecule has 0 aliphatic carbocycles. The van der Waals surface area contributed by atoms with Gasteiger partial charge in [0.2, 0.25) is 0 Å². The van der Waals surface area contributed by atoms with Crippen molar-refractivity contribution in [2.24, 2.45) is 10.9 Å². The fraction of sp³-hybridized carbons (Fsp3) is 0.0714. The first-order valence-electron chi connectivity index (χ1n) is 15.1.